The molecule has 0 saturated carbocycles. The third-order valence-electron chi connectivity index (χ3n) is 5.99. The first-order valence-corrected chi connectivity index (χ1v) is 12.7. The lowest BCUT2D eigenvalue weighted by atomic mass is 10.1. The van der Waals surface area contributed by atoms with Gasteiger partial charge in [0.2, 0.25) is 11.9 Å². The van der Waals surface area contributed by atoms with Gasteiger partial charge in [-0.2, -0.15) is 12.6 Å². The minimum atomic E-state index is -0.106. The number of hydrogen-bond acceptors (Lipinski definition) is 8. The molecule has 0 fully saturated rings. The van der Waals surface area contributed by atoms with Crippen LogP contribution in [0.1, 0.15) is 6.42 Å². The highest BCUT2D eigenvalue weighted by Gasteiger charge is 2.17. The quantitative estimate of drug-likeness (QED) is 0.214. The second-order valence-corrected chi connectivity index (χ2v) is 9.40. The summed E-state index contributed by atoms with van der Waals surface area (Å²) in [6.45, 7) is 1.63. The maximum absolute atomic E-state index is 12.5. The molecule has 0 atom stereocenters. The predicted octanol–water partition coefficient (Wildman–Crippen LogP) is 4.63. The van der Waals surface area contributed by atoms with Gasteiger partial charge in [-0.15, -0.1) is 0 Å². The Morgan fingerprint density at radius 1 is 1.11 bits per heavy atom. The summed E-state index contributed by atoms with van der Waals surface area (Å²) in [4.78, 5) is 29.2. The Morgan fingerprint density at radius 2 is 1.92 bits per heavy atom. The van der Waals surface area contributed by atoms with Gasteiger partial charge in [-0.25, -0.2) is 9.97 Å². The van der Waals surface area contributed by atoms with Crippen molar-refractivity contribution in [2.24, 2.45) is 0 Å². The van der Waals surface area contributed by atoms with Gasteiger partial charge < -0.3 is 30.2 Å². The van der Waals surface area contributed by atoms with Crippen molar-refractivity contribution in [2.45, 2.75) is 6.42 Å². The summed E-state index contributed by atoms with van der Waals surface area (Å²) in [5.41, 5.74) is 4.99. The van der Waals surface area contributed by atoms with Crippen molar-refractivity contribution < 1.29 is 9.53 Å². The molecule has 0 aliphatic carbocycles. The number of anilines is 4. The smallest absolute Gasteiger partial charge is 0.227 e. The van der Waals surface area contributed by atoms with Gasteiger partial charge in [-0.1, -0.05) is 18.2 Å². The fraction of sp³-hybridized carbons (Fsp3) is 0.296. The molecule has 2 heterocycles. The van der Waals surface area contributed by atoms with Crippen LogP contribution in [-0.2, 0) is 4.79 Å². The van der Waals surface area contributed by atoms with E-state index in [-0.39, 0.29) is 5.91 Å². The minimum absolute atomic E-state index is 0.106. The molecule has 4 aromatic rings. The first-order chi connectivity index (χ1) is 17.9. The molecule has 1 amide bonds. The van der Waals surface area contributed by atoms with Crippen LogP contribution < -0.4 is 20.3 Å². The van der Waals surface area contributed by atoms with Crippen LogP contribution in [0.5, 0.6) is 5.75 Å². The monoisotopic (exact) mass is 519 g/mol. The summed E-state index contributed by atoms with van der Waals surface area (Å²) < 4.78 is 5.72. The number of hydrogen-bond donors (Lipinski definition) is 4. The zero-order valence-corrected chi connectivity index (χ0v) is 22.5. The van der Waals surface area contributed by atoms with Gasteiger partial charge in [0.15, 0.2) is 0 Å². The summed E-state index contributed by atoms with van der Waals surface area (Å²) in [6.07, 6.45) is 3.98. The molecule has 0 unspecified atom stereocenters. The molecule has 0 aliphatic rings. The van der Waals surface area contributed by atoms with E-state index < -0.39 is 0 Å². The van der Waals surface area contributed by atoms with Crippen LogP contribution in [0.2, 0.25) is 0 Å². The molecule has 37 heavy (non-hydrogen) atoms. The third-order valence-corrected chi connectivity index (χ3v) is 6.22. The Morgan fingerprint density at radius 3 is 2.68 bits per heavy atom. The van der Waals surface area contributed by atoms with E-state index in [9.17, 15) is 4.79 Å². The van der Waals surface area contributed by atoms with Crippen LogP contribution >= 0.6 is 12.6 Å². The highest BCUT2D eigenvalue weighted by Crippen LogP contribution is 2.38. The Labute approximate surface area is 222 Å². The summed E-state index contributed by atoms with van der Waals surface area (Å²) in [7, 11) is 7.67. The van der Waals surface area contributed by atoms with E-state index >= 15 is 0 Å². The Kier molecular flexibility index (Phi) is 8.52. The highest BCUT2D eigenvalue weighted by molar-refractivity contribution is 7.80. The molecule has 0 saturated heterocycles. The Balaban J connectivity index is 1.68. The molecule has 0 aliphatic heterocycles. The van der Waals surface area contributed by atoms with Crippen LogP contribution in [0, 0.1) is 0 Å². The van der Waals surface area contributed by atoms with Gasteiger partial charge in [0, 0.05) is 61.5 Å². The number of amides is 1. The van der Waals surface area contributed by atoms with Crippen molar-refractivity contribution in [1.82, 2.24) is 19.9 Å². The van der Waals surface area contributed by atoms with Crippen molar-refractivity contribution in [3.05, 3.63) is 54.9 Å². The van der Waals surface area contributed by atoms with Crippen molar-refractivity contribution in [3.8, 4) is 17.0 Å². The average Bonchev–Trinajstić information content (AvgIpc) is 3.32. The zero-order valence-electron chi connectivity index (χ0n) is 21.6. The molecule has 4 rings (SSSR count). The number of benzene rings is 2. The number of fused-ring (bicyclic) bond motifs is 1. The first-order valence-electron chi connectivity index (χ1n) is 12.0. The van der Waals surface area contributed by atoms with Crippen molar-refractivity contribution in [3.63, 3.8) is 0 Å². The average molecular weight is 520 g/mol. The molecular weight excluding hydrogens is 486 g/mol. The largest absolute Gasteiger partial charge is 0.494 e. The van der Waals surface area contributed by atoms with E-state index in [1.807, 2.05) is 63.7 Å². The number of H-pyrrole nitrogens is 1. The number of thiol groups is 1. The number of carbonyl (C=O) groups is 1. The fourth-order valence-corrected chi connectivity index (χ4v) is 4.21. The number of aromatic amines is 1. The second kappa shape index (κ2) is 12.0. The van der Waals surface area contributed by atoms with Gasteiger partial charge in [0.25, 0.3) is 0 Å². The third kappa shape index (κ3) is 6.33. The SMILES string of the molecule is COc1cc(N(C)CCN(C)C)c(NC(=O)CCS)cc1Nc1nccc(-c2c[nH]c3ccccc23)n1. The number of ether oxygens (including phenoxy) is 1. The van der Waals surface area contributed by atoms with E-state index in [1.54, 1.807) is 13.3 Å². The van der Waals surface area contributed by atoms with Gasteiger partial charge in [0.05, 0.1) is 29.9 Å². The van der Waals surface area contributed by atoms with Crippen molar-refractivity contribution in [2.75, 3.05) is 62.6 Å². The summed E-state index contributed by atoms with van der Waals surface area (Å²) >= 11 is 4.20. The number of methoxy groups -OCH3 is 1. The van der Waals surface area contributed by atoms with Gasteiger partial charge in [0.1, 0.15) is 5.75 Å². The van der Waals surface area contributed by atoms with Crippen LogP contribution in [-0.4, -0.2) is 72.9 Å². The van der Waals surface area contributed by atoms with E-state index in [0.717, 1.165) is 40.9 Å². The molecule has 10 heteroatoms. The molecule has 0 radical (unpaired) electrons. The van der Waals surface area contributed by atoms with Gasteiger partial charge >= 0.3 is 0 Å². The number of nitrogens with one attached hydrogen (secondary N) is 3. The molecule has 9 nitrogen and oxygen atoms in total. The number of para-hydroxylation sites is 1. The standard InChI is InChI=1S/C27H33N7O2S/c1-33(2)12-13-34(3)24-16-25(36-4)23(15-22(24)30-26(35)10-14-37)32-27-28-11-9-21(31-27)19-17-29-20-8-6-5-7-18(19)20/h5-9,11,15-17,29,37H,10,12-14H2,1-4H3,(H,30,35)(H,28,31,32). The lowest BCUT2D eigenvalue weighted by molar-refractivity contribution is -0.115. The van der Waals surface area contributed by atoms with E-state index in [2.05, 4.69) is 49.1 Å². The molecule has 194 valence electrons. The van der Waals surface area contributed by atoms with Crippen molar-refractivity contribution in [1.29, 1.82) is 0 Å². The van der Waals surface area contributed by atoms with Crippen molar-refractivity contribution >= 4 is 52.4 Å². The highest BCUT2D eigenvalue weighted by atomic mass is 32.1. The molecular formula is C27H33N7O2S. The Hall–Kier alpha value is -3.76. The maximum Gasteiger partial charge on any atom is 0.227 e. The zero-order chi connectivity index (χ0) is 26.4. The topological polar surface area (TPSA) is 98.4 Å². The van der Waals surface area contributed by atoms with Crippen LogP contribution in [0.4, 0.5) is 23.0 Å². The molecule has 2 aromatic heterocycles. The number of aromatic nitrogens is 3. The first kappa shape index (κ1) is 26.3. The second-order valence-electron chi connectivity index (χ2n) is 8.95. The van der Waals surface area contributed by atoms with E-state index in [1.165, 1.54) is 0 Å². The number of carbonyl (C=O) groups excluding carboxylic acids is 1. The molecule has 2 aromatic carbocycles. The summed E-state index contributed by atoms with van der Waals surface area (Å²) in [5, 5.41) is 7.40. The lowest BCUT2D eigenvalue weighted by Gasteiger charge is -2.26. The van der Waals surface area contributed by atoms with Gasteiger partial charge in [-0.05, 0) is 38.0 Å². The molecule has 0 bridgehead atoms. The molecule has 0 spiro atoms. The van der Waals surface area contributed by atoms with Crippen LogP contribution in [0.25, 0.3) is 22.2 Å². The Bertz CT molecular complexity index is 1370. The number of likely N-dealkylation sites (N-methyl/N-ethyl adjacent to an activating group) is 2. The summed E-state index contributed by atoms with van der Waals surface area (Å²) in [6, 6.07) is 13.7. The maximum atomic E-state index is 12.5. The fourth-order valence-electron chi connectivity index (χ4n) is 4.01. The lowest BCUT2D eigenvalue weighted by Crippen LogP contribution is -2.29. The molecule has 3 N–H and O–H groups in total. The summed E-state index contributed by atoms with van der Waals surface area (Å²) in [5.74, 6) is 1.39. The minimum Gasteiger partial charge on any atom is -0.494 e. The number of nitrogens with zero attached hydrogens (tertiary/aromatic N) is 4. The predicted molar refractivity (Wildman–Crippen MR) is 155 cm³/mol. The van der Waals surface area contributed by atoms with Gasteiger partial charge in [-0.3, -0.25) is 4.79 Å². The normalized spacial score (nSPS) is 11.1. The van der Waals surface area contributed by atoms with E-state index in [0.29, 0.717) is 35.2 Å². The van der Waals surface area contributed by atoms with E-state index in [4.69, 9.17) is 9.72 Å². The number of rotatable bonds is 11. The van der Waals surface area contributed by atoms with Crippen LogP contribution in [0.15, 0.2) is 54.9 Å². The van der Waals surface area contributed by atoms with Crippen LogP contribution in [0.3, 0.4) is 0 Å².